The zero-order chi connectivity index (χ0) is 23.3. The number of nitrogens with zero attached hydrogens (tertiary/aromatic N) is 2. The van der Waals surface area contributed by atoms with Crippen LogP contribution >= 0.6 is 0 Å². The fourth-order valence-electron chi connectivity index (χ4n) is 3.84. The van der Waals surface area contributed by atoms with Crippen LogP contribution in [0.4, 0.5) is 13.2 Å². The topological polar surface area (TPSA) is 66.9 Å². The van der Waals surface area contributed by atoms with E-state index in [1.807, 2.05) is 0 Å². The van der Waals surface area contributed by atoms with Crippen LogP contribution in [0.15, 0.2) is 24.8 Å². The van der Waals surface area contributed by atoms with Crippen molar-refractivity contribution in [3.63, 3.8) is 0 Å². The molecule has 0 N–H and O–H groups in total. The highest BCUT2D eigenvalue weighted by atomic mass is 19.2. The summed E-state index contributed by atoms with van der Waals surface area (Å²) in [5, 5.41) is 0. The molecule has 170 valence electrons. The summed E-state index contributed by atoms with van der Waals surface area (Å²) in [6.45, 7) is 6.92. The number of hydrogen-bond acceptors (Lipinski definition) is 4. The Labute approximate surface area is 179 Å². The third-order valence-electron chi connectivity index (χ3n) is 5.33. The molecular weight excluding hydrogens is 413 g/mol. The smallest absolute Gasteiger partial charge is 0.328 e. The highest BCUT2D eigenvalue weighted by Crippen LogP contribution is 2.27. The predicted octanol–water partition coefficient (Wildman–Crippen LogP) is 3.20. The Hall–Kier alpha value is -2.84. The lowest BCUT2D eigenvalue weighted by Gasteiger charge is -2.33. The molecule has 1 aliphatic rings. The van der Waals surface area contributed by atoms with Gasteiger partial charge in [-0.1, -0.05) is 19.9 Å². The van der Waals surface area contributed by atoms with E-state index in [0.717, 1.165) is 6.07 Å². The molecule has 1 fully saturated rings. The van der Waals surface area contributed by atoms with E-state index in [-0.39, 0.29) is 43.3 Å². The second-order valence-corrected chi connectivity index (χ2v) is 7.83. The van der Waals surface area contributed by atoms with Crippen molar-refractivity contribution < 1.29 is 32.3 Å². The van der Waals surface area contributed by atoms with E-state index >= 15 is 0 Å². The second-order valence-electron chi connectivity index (χ2n) is 7.83. The minimum Gasteiger partial charge on any atom is -0.467 e. The van der Waals surface area contributed by atoms with E-state index in [4.69, 9.17) is 4.74 Å². The van der Waals surface area contributed by atoms with Gasteiger partial charge < -0.3 is 14.5 Å². The van der Waals surface area contributed by atoms with E-state index in [2.05, 4.69) is 6.58 Å². The van der Waals surface area contributed by atoms with Crippen molar-refractivity contribution in [3.8, 4) is 0 Å². The maximum absolute atomic E-state index is 14.1. The molecule has 1 saturated heterocycles. The van der Waals surface area contributed by atoms with Crippen molar-refractivity contribution in [1.29, 1.82) is 0 Å². The van der Waals surface area contributed by atoms with E-state index in [1.165, 1.54) is 23.0 Å². The lowest BCUT2D eigenvalue weighted by Crippen LogP contribution is -2.50. The van der Waals surface area contributed by atoms with Gasteiger partial charge in [0.05, 0.1) is 7.11 Å². The lowest BCUT2D eigenvalue weighted by atomic mass is 10.0. The van der Waals surface area contributed by atoms with Crippen molar-refractivity contribution in [2.75, 3.05) is 13.7 Å². The second kappa shape index (κ2) is 10.5. The number of likely N-dealkylation sites (tertiary alicyclic amines) is 1. The molecule has 31 heavy (non-hydrogen) atoms. The average Bonchev–Trinajstić information content (AvgIpc) is 3.04. The molecule has 0 unspecified atom stereocenters. The van der Waals surface area contributed by atoms with Gasteiger partial charge in [0.25, 0.3) is 0 Å². The number of rotatable bonds is 9. The molecule has 0 aromatic heterocycles. The fourth-order valence-corrected chi connectivity index (χ4v) is 3.84. The van der Waals surface area contributed by atoms with Crippen LogP contribution in [0.3, 0.4) is 0 Å². The molecule has 0 spiro atoms. The van der Waals surface area contributed by atoms with Gasteiger partial charge in [-0.3, -0.25) is 9.59 Å². The Morgan fingerprint density at radius 3 is 2.58 bits per heavy atom. The first-order valence-electron chi connectivity index (χ1n) is 10.0. The van der Waals surface area contributed by atoms with Gasteiger partial charge in [-0.2, -0.15) is 0 Å². The molecule has 0 radical (unpaired) electrons. The summed E-state index contributed by atoms with van der Waals surface area (Å²) in [4.78, 5) is 40.3. The van der Waals surface area contributed by atoms with Crippen LogP contribution in [-0.2, 0) is 25.7 Å². The number of carbonyl (C=O) groups is 3. The first-order valence-corrected chi connectivity index (χ1v) is 10.0. The summed E-state index contributed by atoms with van der Waals surface area (Å²) in [7, 11) is 1.23. The van der Waals surface area contributed by atoms with E-state index in [0.29, 0.717) is 12.5 Å². The Balaban J connectivity index is 2.24. The van der Waals surface area contributed by atoms with Gasteiger partial charge in [-0.05, 0) is 18.4 Å². The SMILES string of the molecule is C=CCN(C(=O)C[C@@H]1CCC(=O)N1Cc1cc(F)cc(F)c1F)[C@H](C(=O)OC)C(C)C. The van der Waals surface area contributed by atoms with Gasteiger partial charge in [-0.25, -0.2) is 18.0 Å². The standard InChI is InChI=1S/C22H27F3N2O4/c1-5-8-26(21(13(2)3)22(30)31-4)19(29)11-16-6-7-18(28)27(16)12-14-9-15(23)10-17(24)20(14)25/h5,9-10,13,16,21H,1,6-8,11-12H2,2-4H3/t16-,21-/m0/s1. The quantitative estimate of drug-likeness (QED) is 0.336. The lowest BCUT2D eigenvalue weighted by molar-refractivity contribution is -0.155. The summed E-state index contributed by atoms with van der Waals surface area (Å²) < 4.78 is 46.0. The van der Waals surface area contributed by atoms with Crippen LogP contribution in [0.5, 0.6) is 0 Å². The highest BCUT2D eigenvalue weighted by Gasteiger charge is 2.37. The van der Waals surface area contributed by atoms with Crippen LogP contribution in [0.1, 0.15) is 38.7 Å². The molecule has 2 amide bonds. The number of halogens is 3. The summed E-state index contributed by atoms with van der Waals surface area (Å²) in [6, 6.07) is -0.171. The van der Waals surface area contributed by atoms with Gasteiger partial charge in [0.1, 0.15) is 11.9 Å². The molecular formula is C22H27F3N2O4. The number of carbonyl (C=O) groups excluding carboxylic acids is 3. The molecule has 1 aromatic rings. The molecule has 2 rings (SSSR count). The number of ether oxygens (including phenoxy) is 1. The van der Waals surface area contributed by atoms with Crippen molar-refractivity contribution in [3.05, 3.63) is 47.8 Å². The Morgan fingerprint density at radius 1 is 1.32 bits per heavy atom. The number of esters is 1. The first kappa shape index (κ1) is 24.4. The summed E-state index contributed by atoms with van der Waals surface area (Å²) in [5.41, 5.74) is -0.303. The fraction of sp³-hybridized carbons (Fsp3) is 0.500. The molecule has 0 aliphatic carbocycles. The molecule has 1 aromatic carbocycles. The Morgan fingerprint density at radius 2 is 2.00 bits per heavy atom. The Kier molecular flexibility index (Phi) is 8.24. The molecule has 6 nitrogen and oxygen atoms in total. The minimum absolute atomic E-state index is 0.0984. The van der Waals surface area contributed by atoms with E-state index in [1.54, 1.807) is 13.8 Å². The largest absolute Gasteiger partial charge is 0.467 e. The van der Waals surface area contributed by atoms with Crippen molar-refractivity contribution in [1.82, 2.24) is 9.80 Å². The van der Waals surface area contributed by atoms with Crippen LogP contribution in [0, 0.1) is 23.4 Å². The summed E-state index contributed by atoms with van der Waals surface area (Å²) in [5.74, 6) is -5.08. The predicted molar refractivity (Wildman–Crippen MR) is 107 cm³/mol. The van der Waals surface area contributed by atoms with Crippen LogP contribution in [0.25, 0.3) is 0 Å². The van der Waals surface area contributed by atoms with Crippen molar-refractivity contribution >= 4 is 17.8 Å². The maximum atomic E-state index is 14.1. The molecule has 1 heterocycles. The van der Waals surface area contributed by atoms with Crippen LogP contribution in [-0.4, -0.2) is 53.3 Å². The van der Waals surface area contributed by atoms with Crippen molar-refractivity contribution in [2.45, 2.75) is 51.7 Å². The number of hydrogen-bond donors (Lipinski definition) is 0. The van der Waals surface area contributed by atoms with Crippen LogP contribution in [0.2, 0.25) is 0 Å². The third kappa shape index (κ3) is 5.65. The average molecular weight is 440 g/mol. The molecule has 9 heteroatoms. The summed E-state index contributed by atoms with van der Waals surface area (Å²) in [6.07, 6.45) is 1.82. The van der Waals surface area contributed by atoms with E-state index < -0.39 is 41.4 Å². The monoisotopic (exact) mass is 440 g/mol. The third-order valence-corrected chi connectivity index (χ3v) is 5.33. The van der Waals surface area contributed by atoms with Gasteiger partial charge in [0.2, 0.25) is 11.8 Å². The molecule has 0 bridgehead atoms. The molecule has 2 atom stereocenters. The highest BCUT2D eigenvalue weighted by molar-refractivity contribution is 5.86. The van der Waals surface area contributed by atoms with Gasteiger partial charge in [0, 0.05) is 43.6 Å². The number of amides is 2. The van der Waals surface area contributed by atoms with Crippen LogP contribution < -0.4 is 0 Å². The van der Waals surface area contributed by atoms with Gasteiger partial charge >= 0.3 is 5.97 Å². The zero-order valence-corrected chi connectivity index (χ0v) is 17.9. The molecule has 1 aliphatic heterocycles. The normalized spacial score (nSPS) is 17.1. The summed E-state index contributed by atoms with van der Waals surface area (Å²) >= 11 is 0. The minimum atomic E-state index is -1.34. The first-order chi connectivity index (χ1) is 14.6. The Bertz CT molecular complexity index is 859. The van der Waals surface area contributed by atoms with Gasteiger partial charge in [0.15, 0.2) is 11.6 Å². The number of methoxy groups -OCH3 is 1. The van der Waals surface area contributed by atoms with Crippen molar-refractivity contribution in [2.24, 2.45) is 5.92 Å². The molecule has 0 saturated carbocycles. The zero-order valence-electron chi connectivity index (χ0n) is 17.9. The van der Waals surface area contributed by atoms with Gasteiger partial charge in [-0.15, -0.1) is 6.58 Å². The maximum Gasteiger partial charge on any atom is 0.328 e. The van der Waals surface area contributed by atoms with E-state index in [9.17, 15) is 27.6 Å². The number of benzene rings is 1.